The Labute approximate surface area is 179 Å². The standard InChI is InChI=1S/C25H30N4O/c1-29(2)18-17-26-24-14-13-22(19-28-24)25(30)27-16-15-23(20-9-5-3-6-10-20)21-11-7-4-8-12-21/h3-14,19,23H,15-18H2,1-2H3,(H,26,28)(H,27,30). The molecule has 0 aliphatic rings. The Morgan fingerprint density at radius 2 is 1.53 bits per heavy atom. The smallest absolute Gasteiger partial charge is 0.252 e. The number of carbonyl (C=O) groups excluding carboxylic acids is 1. The average Bonchev–Trinajstić information content (AvgIpc) is 2.78. The summed E-state index contributed by atoms with van der Waals surface area (Å²) >= 11 is 0. The molecule has 3 aromatic rings. The molecule has 1 heterocycles. The summed E-state index contributed by atoms with van der Waals surface area (Å²) in [5.41, 5.74) is 3.09. The summed E-state index contributed by atoms with van der Waals surface area (Å²) in [6, 6.07) is 24.5. The van der Waals surface area contributed by atoms with E-state index in [-0.39, 0.29) is 11.8 Å². The predicted octanol–water partition coefficient (Wildman–Crippen LogP) is 4.01. The van der Waals surface area contributed by atoms with Crippen molar-refractivity contribution in [3.8, 4) is 0 Å². The molecule has 30 heavy (non-hydrogen) atoms. The molecule has 1 aromatic heterocycles. The molecule has 0 saturated carbocycles. The number of amides is 1. The van der Waals surface area contributed by atoms with Gasteiger partial charge in [0.1, 0.15) is 5.82 Å². The summed E-state index contributed by atoms with van der Waals surface area (Å²) in [7, 11) is 4.06. The van der Waals surface area contributed by atoms with Crippen molar-refractivity contribution in [2.45, 2.75) is 12.3 Å². The van der Waals surface area contributed by atoms with Crippen LogP contribution in [0.1, 0.15) is 33.8 Å². The summed E-state index contributed by atoms with van der Waals surface area (Å²) in [5, 5.41) is 6.29. The molecule has 5 heteroatoms. The van der Waals surface area contributed by atoms with Crippen molar-refractivity contribution in [1.29, 1.82) is 0 Å². The van der Waals surface area contributed by atoms with Gasteiger partial charge in [-0.25, -0.2) is 4.98 Å². The lowest BCUT2D eigenvalue weighted by Crippen LogP contribution is -2.26. The zero-order chi connectivity index (χ0) is 21.2. The lowest BCUT2D eigenvalue weighted by Gasteiger charge is -2.18. The van der Waals surface area contributed by atoms with E-state index in [0.717, 1.165) is 25.3 Å². The normalized spacial score (nSPS) is 10.9. The van der Waals surface area contributed by atoms with Crippen LogP contribution in [0.2, 0.25) is 0 Å². The SMILES string of the molecule is CN(C)CCNc1ccc(C(=O)NCCC(c2ccccc2)c2ccccc2)cn1. The first kappa shape index (κ1) is 21.5. The van der Waals surface area contributed by atoms with Crippen LogP contribution >= 0.6 is 0 Å². The van der Waals surface area contributed by atoms with Crippen molar-refractivity contribution in [2.24, 2.45) is 0 Å². The Bertz CT molecular complexity index is 856. The lowest BCUT2D eigenvalue weighted by atomic mass is 9.88. The molecule has 2 N–H and O–H groups in total. The number of hydrogen-bond acceptors (Lipinski definition) is 4. The second kappa shape index (κ2) is 11.1. The van der Waals surface area contributed by atoms with E-state index in [1.54, 1.807) is 6.20 Å². The zero-order valence-corrected chi connectivity index (χ0v) is 17.7. The number of hydrogen-bond donors (Lipinski definition) is 2. The van der Waals surface area contributed by atoms with E-state index in [1.165, 1.54) is 11.1 Å². The minimum Gasteiger partial charge on any atom is -0.369 e. The fourth-order valence-electron chi connectivity index (χ4n) is 3.37. The average molecular weight is 403 g/mol. The molecule has 0 fully saturated rings. The summed E-state index contributed by atoms with van der Waals surface area (Å²) in [6.45, 7) is 2.33. The molecule has 1 amide bonds. The molecule has 0 unspecified atom stereocenters. The second-order valence-electron chi connectivity index (χ2n) is 7.58. The zero-order valence-electron chi connectivity index (χ0n) is 17.7. The minimum atomic E-state index is -0.0952. The maximum atomic E-state index is 12.5. The molecule has 2 aromatic carbocycles. The van der Waals surface area contributed by atoms with Crippen molar-refractivity contribution >= 4 is 11.7 Å². The molecule has 0 aliphatic heterocycles. The first-order valence-electron chi connectivity index (χ1n) is 10.4. The second-order valence-corrected chi connectivity index (χ2v) is 7.58. The van der Waals surface area contributed by atoms with Gasteiger partial charge in [-0.3, -0.25) is 4.79 Å². The molecule has 0 radical (unpaired) electrons. The van der Waals surface area contributed by atoms with E-state index in [0.29, 0.717) is 12.1 Å². The molecule has 156 valence electrons. The van der Waals surface area contributed by atoms with Gasteiger partial charge in [0.2, 0.25) is 0 Å². The number of aromatic nitrogens is 1. The van der Waals surface area contributed by atoms with Crippen molar-refractivity contribution in [1.82, 2.24) is 15.2 Å². The number of carbonyl (C=O) groups is 1. The minimum absolute atomic E-state index is 0.0952. The van der Waals surface area contributed by atoms with Crippen LogP contribution in [0.25, 0.3) is 0 Å². The third-order valence-corrected chi connectivity index (χ3v) is 5.01. The predicted molar refractivity (Wildman–Crippen MR) is 123 cm³/mol. The molecule has 3 rings (SSSR count). The Kier molecular flexibility index (Phi) is 7.98. The van der Waals surface area contributed by atoms with Gasteiger partial charge in [0.15, 0.2) is 0 Å². The molecule has 5 nitrogen and oxygen atoms in total. The fraction of sp³-hybridized carbons (Fsp3) is 0.280. The first-order valence-corrected chi connectivity index (χ1v) is 10.4. The number of rotatable bonds is 10. The Morgan fingerprint density at radius 1 is 0.900 bits per heavy atom. The lowest BCUT2D eigenvalue weighted by molar-refractivity contribution is 0.0952. The third-order valence-electron chi connectivity index (χ3n) is 5.01. The van der Waals surface area contributed by atoms with Gasteiger partial charge >= 0.3 is 0 Å². The molecular formula is C25H30N4O. The van der Waals surface area contributed by atoms with Gasteiger partial charge in [-0.1, -0.05) is 60.7 Å². The van der Waals surface area contributed by atoms with Gasteiger partial charge in [0.25, 0.3) is 5.91 Å². The van der Waals surface area contributed by atoms with Gasteiger partial charge < -0.3 is 15.5 Å². The number of nitrogens with one attached hydrogen (secondary N) is 2. The topological polar surface area (TPSA) is 57.3 Å². The number of nitrogens with zero attached hydrogens (tertiary/aromatic N) is 2. The van der Waals surface area contributed by atoms with Crippen LogP contribution in [0.15, 0.2) is 79.0 Å². The van der Waals surface area contributed by atoms with Gasteiger partial charge in [-0.2, -0.15) is 0 Å². The largest absolute Gasteiger partial charge is 0.369 e. The Morgan fingerprint density at radius 3 is 2.07 bits per heavy atom. The van der Waals surface area contributed by atoms with Crippen molar-refractivity contribution < 1.29 is 4.79 Å². The number of likely N-dealkylation sites (N-methyl/N-ethyl adjacent to an activating group) is 1. The molecule has 0 bridgehead atoms. The van der Waals surface area contributed by atoms with Crippen LogP contribution in [0.3, 0.4) is 0 Å². The van der Waals surface area contributed by atoms with Crippen LogP contribution in [-0.4, -0.2) is 49.5 Å². The molecule has 0 aliphatic carbocycles. The van der Waals surface area contributed by atoms with Crippen LogP contribution in [0, 0.1) is 0 Å². The van der Waals surface area contributed by atoms with Crippen molar-refractivity contribution in [3.05, 3.63) is 95.7 Å². The monoisotopic (exact) mass is 402 g/mol. The third kappa shape index (κ3) is 6.42. The number of anilines is 1. The molecule has 0 saturated heterocycles. The summed E-state index contributed by atoms with van der Waals surface area (Å²) in [5.74, 6) is 0.929. The van der Waals surface area contributed by atoms with E-state index in [9.17, 15) is 4.79 Å². The van der Waals surface area contributed by atoms with E-state index in [1.807, 2.05) is 38.4 Å². The highest BCUT2D eigenvalue weighted by Gasteiger charge is 2.14. The Hall–Kier alpha value is -3.18. The van der Waals surface area contributed by atoms with Crippen LogP contribution in [0.4, 0.5) is 5.82 Å². The van der Waals surface area contributed by atoms with Gasteiger partial charge in [-0.15, -0.1) is 0 Å². The fourth-order valence-corrected chi connectivity index (χ4v) is 3.37. The number of pyridine rings is 1. The van der Waals surface area contributed by atoms with Gasteiger partial charge in [0, 0.05) is 31.7 Å². The quantitative estimate of drug-likeness (QED) is 0.538. The maximum Gasteiger partial charge on any atom is 0.252 e. The number of benzene rings is 2. The molecule has 0 atom stereocenters. The highest BCUT2D eigenvalue weighted by molar-refractivity contribution is 5.94. The van der Waals surface area contributed by atoms with Crippen molar-refractivity contribution in [2.75, 3.05) is 39.0 Å². The molecular weight excluding hydrogens is 372 g/mol. The summed E-state index contributed by atoms with van der Waals surface area (Å²) in [6.07, 6.45) is 2.45. The van der Waals surface area contributed by atoms with E-state index < -0.39 is 0 Å². The summed E-state index contributed by atoms with van der Waals surface area (Å²) in [4.78, 5) is 19.0. The van der Waals surface area contributed by atoms with E-state index in [2.05, 4.69) is 69.0 Å². The molecule has 0 spiro atoms. The van der Waals surface area contributed by atoms with E-state index >= 15 is 0 Å². The van der Waals surface area contributed by atoms with Crippen LogP contribution in [-0.2, 0) is 0 Å². The van der Waals surface area contributed by atoms with Gasteiger partial charge in [0.05, 0.1) is 5.56 Å². The Balaban J connectivity index is 1.55. The van der Waals surface area contributed by atoms with Crippen LogP contribution in [0.5, 0.6) is 0 Å². The van der Waals surface area contributed by atoms with E-state index in [4.69, 9.17) is 0 Å². The summed E-state index contributed by atoms with van der Waals surface area (Å²) < 4.78 is 0. The van der Waals surface area contributed by atoms with Crippen molar-refractivity contribution in [3.63, 3.8) is 0 Å². The highest BCUT2D eigenvalue weighted by Crippen LogP contribution is 2.27. The highest BCUT2D eigenvalue weighted by atomic mass is 16.1. The first-order chi connectivity index (χ1) is 14.6. The van der Waals surface area contributed by atoms with Gasteiger partial charge in [-0.05, 0) is 43.8 Å². The maximum absolute atomic E-state index is 12.5. The van der Waals surface area contributed by atoms with Crippen LogP contribution < -0.4 is 10.6 Å².